The van der Waals surface area contributed by atoms with Crippen LogP contribution in [0.3, 0.4) is 0 Å². The second-order valence-corrected chi connectivity index (χ2v) is 8.38. The van der Waals surface area contributed by atoms with E-state index in [1.54, 1.807) is 26.4 Å². The molecule has 10 heteroatoms. The van der Waals surface area contributed by atoms with Gasteiger partial charge in [-0.05, 0) is 49.4 Å². The lowest BCUT2D eigenvalue weighted by molar-refractivity contribution is -0.142. The normalized spacial score (nSPS) is 14.8. The number of carboxylic acid groups (broad SMARTS) is 1. The minimum Gasteiger partial charge on any atom is -0.494 e. The molecule has 0 aliphatic carbocycles. The highest BCUT2D eigenvalue weighted by molar-refractivity contribution is 6.30. The predicted molar refractivity (Wildman–Crippen MR) is 135 cm³/mol. The standard InChI is InChI=1S/C26H26ClN3O6/c1-4-36-17-7-5-15-11-18(26(27)28-19(15)13-17)21-14-20(29-30(21)24(31)9-10-25(32)33)16-6-8-22(34-2)23(12-16)35-3/h5-8,11-14,21,29H,4,9-10H2,1-3H3,(H,32,33)/t21-/m1/s1. The molecule has 2 N–H and O–H groups in total. The Hall–Kier alpha value is -3.98. The van der Waals surface area contributed by atoms with Crippen LogP contribution in [0.2, 0.25) is 5.15 Å². The summed E-state index contributed by atoms with van der Waals surface area (Å²) in [6.07, 6.45) is 1.38. The van der Waals surface area contributed by atoms with Crippen molar-refractivity contribution in [1.29, 1.82) is 0 Å². The molecule has 3 aromatic rings. The summed E-state index contributed by atoms with van der Waals surface area (Å²) in [6.45, 7) is 2.43. The minimum atomic E-state index is -1.05. The molecule has 1 aliphatic heterocycles. The van der Waals surface area contributed by atoms with E-state index in [0.717, 1.165) is 10.9 Å². The number of benzene rings is 2. The molecular weight excluding hydrogens is 486 g/mol. The van der Waals surface area contributed by atoms with Crippen LogP contribution in [0.5, 0.6) is 17.2 Å². The number of aliphatic carboxylic acids is 1. The summed E-state index contributed by atoms with van der Waals surface area (Å²) in [7, 11) is 3.09. The van der Waals surface area contributed by atoms with Crippen molar-refractivity contribution in [3.63, 3.8) is 0 Å². The summed E-state index contributed by atoms with van der Waals surface area (Å²) in [4.78, 5) is 28.7. The lowest BCUT2D eigenvalue weighted by Gasteiger charge is -2.26. The van der Waals surface area contributed by atoms with Gasteiger partial charge in [-0.15, -0.1) is 0 Å². The number of carbonyl (C=O) groups is 2. The summed E-state index contributed by atoms with van der Waals surface area (Å²) < 4.78 is 16.3. The number of ether oxygens (including phenoxy) is 3. The number of nitrogens with one attached hydrogen (secondary N) is 1. The Labute approximate surface area is 213 Å². The van der Waals surface area contributed by atoms with Crippen LogP contribution < -0.4 is 19.6 Å². The molecule has 0 saturated heterocycles. The fourth-order valence-corrected chi connectivity index (χ4v) is 4.28. The molecule has 0 spiro atoms. The van der Waals surface area contributed by atoms with E-state index < -0.39 is 17.9 Å². The van der Waals surface area contributed by atoms with Crippen LogP contribution in [0.4, 0.5) is 0 Å². The number of amides is 1. The van der Waals surface area contributed by atoms with Crippen molar-refractivity contribution in [3.05, 3.63) is 64.8 Å². The smallest absolute Gasteiger partial charge is 0.303 e. The average molecular weight is 512 g/mol. The van der Waals surface area contributed by atoms with E-state index in [1.165, 1.54) is 5.01 Å². The highest BCUT2D eigenvalue weighted by atomic mass is 35.5. The van der Waals surface area contributed by atoms with Crippen LogP contribution in [0.1, 0.15) is 36.9 Å². The molecule has 1 aliphatic rings. The fraction of sp³-hybridized carbons (Fsp3) is 0.269. The topological polar surface area (TPSA) is 110 Å². The van der Waals surface area contributed by atoms with Gasteiger partial charge in [0.15, 0.2) is 11.5 Å². The van der Waals surface area contributed by atoms with E-state index in [0.29, 0.717) is 40.6 Å². The van der Waals surface area contributed by atoms with E-state index in [4.69, 9.17) is 30.9 Å². The van der Waals surface area contributed by atoms with Crippen LogP contribution >= 0.6 is 11.6 Å². The summed E-state index contributed by atoms with van der Waals surface area (Å²) >= 11 is 6.61. The van der Waals surface area contributed by atoms with Gasteiger partial charge in [-0.3, -0.25) is 15.0 Å². The maximum absolute atomic E-state index is 13.1. The number of hydrazine groups is 1. The number of methoxy groups -OCH3 is 2. The first-order valence-corrected chi connectivity index (χ1v) is 11.7. The second kappa shape index (κ2) is 10.7. The van der Waals surface area contributed by atoms with Crippen molar-refractivity contribution < 1.29 is 28.9 Å². The van der Waals surface area contributed by atoms with Crippen molar-refractivity contribution >= 4 is 40.1 Å². The van der Waals surface area contributed by atoms with Gasteiger partial charge in [0, 0.05) is 29.0 Å². The zero-order chi connectivity index (χ0) is 25.8. The molecule has 0 fully saturated rings. The zero-order valence-electron chi connectivity index (χ0n) is 20.1. The third-order valence-corrected chi connectivity index (χ3v) is 6.06. The molecule has 1 atom stereocenters. The summed E-state index contributed by atoms with van der Waals surface area (Å²) in [5.74, 6) is 0.337. The van der Waals surface area contributed by atoms with Crippen molar-refractivity contribution in [2.45, 2.75) is 25.8 Å². The minimum absolute atomic E-state index is 0.178. The molecule has 1 aromatic heterocycles. The number of halogens is 1. The number of carbonyl (C=O) groups excluding carboxylic acids is 1. The fourth-order valence-electron chi connectivity index (χ4n) is 4.02. The molecule has 1 amide bonds. The third kappa shape index (κ3) is 5.16. The van der Waals surface area contributed by atoms with Crippen molar-refractivity contribution in [3.8, 4) is 17.2 Å². The number of aromatic nitrogens is 1. The maximum Gasteiger partial charge on any atom is 0.303 e. The lowest BCUT2D eigenvalue weighted by Crippen LogP contribution is -2.39. The summed E-state index contributed by atoms with van der Waals surface area (Å²) in [6, 6.07) is 12.2. The molecule has 0 unspecified atom stereocenters. The molecule has 0 saturated carbocycles. The first kappa shape index (κ1) is 25.1. The van der Waals surface area contributed by atoms with Crippen molar-refractivity contribution in [2.75, 3.05) is 20.8 Å². The van der Waals surface area contributed by atoms with Gasteiger partial charge in [-0.25, -0.2) is 9.99 Å². The number of fused-ring (bicyclic) bond motifs is 1. The number of rotatable bonds is 9. The van der Waals surface area contributed by atoms with Crippen molar-refractivity contribution in [2.24, 2.45) is 0 Å². The Balaban J connectivity index is 1.76. The van der Waals surface area contributed by atoms with Crippen LogP contribution in [0.25, 0.3) is 16.6 Å². The zero-order valence-corrected chi connectivity index (χ0v) is 20.8. The van der Waals surface area contributed by atoms with Crippen LogP contribution in [-0.2, 0) is 9.59 Å². The number of nitrogens with zero attached hydrogens (tertiary/aromatic N) is 2. The van der Waals surface area contributed by atoms with Crippen LogP contribution in [0.15, 0.2) is 48.5 Å². The molecule has 0 radical (unpaired) electrons. The SMILES string of the molecule is CCOc1ccc2cc([C@H]3C=C(c4ccc(OC)c(OC)c4)NN3C(=O)CCC(=O)O)c(Cl)nc2c1. The van der Waals surface area contributed by atoms with Crippen LogP contribution in [-0.4, -0.2) is 47.8 Å². The van der Waals surface area contributed by atoms with Gasteiger partial charge in [0.1, 0.15) is 16.9 Å². The highest BCUT2D eigenvalue weighted by Gasteiger charge is 2.33. The number of hydrogen-bond acceptors (Lipinski definition) is 7. The Bertz CT molecular complexity index is 1340. The summed E-state index contributed by atoms with van der Waals surface area (Å²) in [5.41, 5.74) is 5.76. The Morgan fingerprint density at radius 3 is 2.56 bits per heavy atom. The Morgan fingerprint density at radius 1 is 1.08 bits per heavy atom. The highest BCUT2D eigenvalue weighted by Crippen LogP contribution is 2.38. The molecule has 36 heavy (non-hydrogen) atoms. The molecule has 9 nitrogen and oxygen atoms in total. The van der Waals surface area contributed by atoms with Gasteiger partial charge < -0.3 is 19.3 Å². The first-order valence-electron chi connectivity index (χ1n) is 11.3. The quantitative estimate of drug-likeness (QED) is 0.401. The Kier molecular flexibility index (Phi) is 7.49. The number of carboxylic acids is 1. The second-order valence-electron chi connectivity index (χ2n) is 8.02. The first-order chi connectivity index (χ1) is 17.3. The molecule has 188 valence electrons. The maximum atomic E-state index is 13.1. The van der Waals surface area contributed by atoms with E-state index in [2.05, 4.69) is 10.4 Å². The predicted octanol–water partition coefficient (Wildman–Crippen LogP) is 4.60. The Morgan fingerprint density at radius 2 is 1.86 bits per heavy atom. The monoisotopic (exact) mass is 511 g/mol. The molecule has 2 heterocycles. The van der Waals surface area contributed by atoms with E-state index >= 15 is 0 Å². The van der Waals surface area contributed by atoms with E-state index in [-0.39, 0.29) is 18.0 Å². The van der Waals surface area contributed by atoms with E-state index in [1.807, 2.05) is 43.3 Å². The van der Waals surface area contributed by atoms with Gasteiger partial charge in [0.05, 0.1) is 38.5 Å². The van der Waals surface area contributed by atoms with Gasteiger partial charge in [0.25, 0.3) is 0 Å². The molecule has 4 rings (SSSR count). The average Bonchev–Trinajstić information content (AvgIpc) is 3.32. The van der Waals surface area contributed by atoms with Gasteiger partial charge in [-0.2, -0.15) is 0 Å². The lowest BCUT2D eigenvalue weighted by atomic mass is 10.0. The van der Waals surface area contributed by atoms with Crippen LogP contribution in [0, 0.1) is 0 Å². The van der Waals surface area contributed by atoms with Gasteiger partial charge in [-0.1, -0.05) is 11.6 Å². The van der Waals surface area contributed by atoms with Gasteiger partial charge in [0.2, 0.25) is 5.91 Å². The van der Waals surface area contributed by atoms with Gasteiger partial charge >= 0.3 is 5.97 Å². The number of pyridine rings is 1. The third-order valence-electron chi connectivity index (χ3n) is 5.76. The molecule has 2 aromatic carbocycles. The molecule has 0 bridgehead atoms. The largest absolute Gasteiger partial charge is 0.494 e. The van der Waals surface area contributed by atoms with Crippen molar-refractivity contribution in [1.82, 2.24) is 15.4 Å². The number of hydrogen-bond donors (Lipinski definition) is 2. The molecular formula is C26H26ClN3O6. The summed E-state index contributed by atoms with van der Waals surface area (Å²) in [5, 5.41) is 11.5. The van der Waals surface area contributed by atoms with E-state index in [9.17, 15) is 9.59 Å².